The van der Waals surface area contributed by atoms with Crippen molar-refractivity contribution in [1.82, 2.24) is 14.3 Å². The molecule has 20 heavy (non-hydrogen) atoms. The van der Waals surface area contributed by atoms with E-state index in [1.54, 1.807) is 11.3 Å². The number of hydrogen-bond donors (Lipinski definition) is 1. The van der Waals surface area contributed by atoms with Crippen molar-refractivity contribution in [1.29, 1.82) is 0 Å². The van der Waals surface area contributed by atoms with Crippen LogP contribution in [0.3, 0.4) is 0 Å². The predicted octanol–water partition coefficient (Wildman–Crippen LogP) is 2.75. The Morgan fingerprint density at radius 1 is 1.50 bits per heavy atom. The maximum atomic E-state index is 9.64. The van der Waals surface area contributed by atoms with Gasteiger partial charge in [0.05, 0.1) is 17.5 Å². The quantitative estimate of drug-likeness (QED) is 0.942. The molecule has 5 heteroatoms. The summed E-state index contributed by atoms with van der Waals surface area (Å²) >= 11 is 1.75. The average molecular weight is 293 g/mol. The number of imidazole rings is 1. The van der Waals surface area contributed by atoms with E-state index in [2.05, 4.69) is 34.3 Å². The van der Waals surface area contributed by atoms with Crippen molar-refractivity contribution in [2.75, 3.05) is 6.54 Å². The molecule has 0 bridgehead atoms. The number of rotatable bonds is 4. The van der Waals surface area contributed by atoms with Gasteiger partial charge in [-0.1, -0.05) is 0 Å². The normalized spacial score (nSPS) is 21.9. The lowest BCUT2D eigenvalue weighted by Gasteiger charge is -2.25. The lowest BCUT2D eigenvalue weighted by Crippen LogP contribution is -2.32. The zero-order chi connectivity index (χ0) is 14.3. The molecule has 0 aliphatic carbocycles. The van der Waals surface area contributed by atoms with Crippen LogP contribution in [-0.4, -0.2) is 38.1 Å². The Labute approximate surface area is 124 Å². The van der Waals surface area contributed by atoms with Gasteiger partial charge in [0.2, 0.25) is 0 Å². The smallest absolute Gasteiger partial charge is 0.194 e. The topological polar surface area (TPSA) is 40.8 Å². The molecule has 2 atom stereocenters. The largest absolute Gasteiger partial charge is 0.393 e. The third kappa shape index (κ3) is 2.62. The number of hydrogen-bond acceptors (Lipinski definition) is 4. The van der Waals surface area contributed by atoms with Crippen LogP contribution in [0.15, 0.2) is 6.20 Å². The van der Waals surface area contributed by atoms with Crippen molar-refractivity contribution in [3.05, 3.63) is 22.5 Å². The van der Waals surface area contributed by atoms with Gasteiger partial charge in [-0.25, -0.2) is 4.98 Å². The Morgan fingerprint density at radius 3 is 3.05 bits per heavy atom. The molecule has 1 fully saturated rings. The molecule has 2 aromatic heterocycles. The second kappa shape index (κ2) is 5.47. The highest BCUT2D eigenvalue weighted by Crippen LogP contribution is 2.27. The van der Waals surface area contributed by atoms with Crippen LogP contribution in [0.1, 0.15) is 42.5 Å². The molecule has 0 amide bonds. The summed E-state index contributed by atoms with van der Waals surface area (Å²) in [7, 11) is 0. The highest BCUT2D eigenvalue weighted by atomic mass is 32.1. The summed E-state index contributed by atoms with van der Waals surface area (Å²) in [5.41, 5.74) is 2.45. The van der Waals surface area contributed by atoms with Crippen molar-refractivity contribution < 1.29 is 5.11 Å². The molecule has 0 radical (unpaired) electrons. The van der Waals surface area contributed by atoms with Crippen molar-refractivity contribution in [2.45, 2.75) is 58.7 Å². The second-order valence-corrected chi connectivity index (χ2v) is 7.20. The first-order valence-electron chi connectivity index (χ1n) is 7.40. The van der Waals surface area contributed by atoms with Gasteiger partial charge < -0.3 is 5.11 Å². The molecule has 4 nitrogen and oxygen atoms in total. The molecule has 0 spiro atoms. The molecule has 3 heterocycles. The van der Waals surface area contributed by atoms with Crippen LogP contribution >= 0.6 is 11.3 Å². The first kappa shape index (κ1) is 14.0. The fourth-order valence-corrected chi connectivity index (χ4v) is 4.15. The van der Waals surface area contributed by atoms with E-state index in [9.17, 15) is 5.11 Å². The van der Waals surface area contributed by atoms with Crippen LogP contribution in [-0.2, 0) is 6.54 Å². The molecule has 0 aromatic carbocycles. The van der Waals surface area contributed by atoms with Gasteiger partial charge >= 0.3 is 0 Å². The summed E-state index contributed by atoms with van der Waals surface area (Å²) in [6.45, 7) is 8.20. The molecule has 2 aromatic rings. The number of aryl methyl sites for hydroxylation is 2. The lowest BCUT2D eigenvalue weighted by molar-refractivity contribution is 0.130. The minimum atomic E-state index is -0.212. The molecular formula is C15H23N3OS. The Bertz CT molecular complexity index is 602. The molecular weight excluding hydrogens is 270 g/mol. The third-order valence-electron chi connectivity index (χ3n) is 4.21. The molecule has 1 N–H and O–H groups in total. The zero-order valence-corrected chi connectivity index (χ0v) is 13.3. The van der Waals surface area contributed by atoms with E-state index >= 15 is 0 Å². The van der Waals surface area contributed by atoms with Gasteiger partial charge in [-0.15, -0.1) is 11.3 Å². The summed E-state index contributed by atoms with van der Waals surface area (Å²) in [5.74, 6) is 0. The van der Waals surface area contributed by atoms with E-state index in [1.807, 2.05) is 6.92 Å². The van der Waals surface area contributed by atoms with Gasteiger partial charge in [0.25, 0.3) is 0 Å². The number of likely N-dealkylation sites (tertiary alicyclic amines) is 1. The maximum Gasteiger partial charge on any atom is 0.194 e. The number of aromatic nitrogens is 2. The van der Waals surface area contributed by atoms with Gasteiger partial charge in [0.15, 0.2) is 4.96 Å². The van der Waals surface area contributed by atoms with Gasteiger partial charge in [-0.2, -0.15) is 0 Å². The Morgan fingerprint density at radius 2 is 2.30 bits per heavy atom. The summed E-state index contributed by atoms with van der Waals surface area (Å²) in [6, 6.07) is 0.514. The molecule has 1 aliphatic heterocycles. The minimum absolute atomic E-state index is 0.212. The van der Waals surface area contributed by atoms with Crippen LogP contribution in [0.4, 0.5) is 0 Å². The number of thiazole rings is 1. The first-order valence-corrected chi connectivity index (χ1v) is 8.22. The molecule has 1 aliphatic rings. The van der Waals surface area contributed by atoms with Gasteiger partial charge in [-0.3, -0.25) is 9.30 Å². The fraction of sp³-hybridized carbons (Fsp3) is 0.667. The molecule has 3 rings (SSSR count). The number of aliphatic hydroxyl groups excluding tert-OH is 1. The Hall–Kier alpha value is -0.910. The number of fused-ring (bicyclic) bond motifs is 1. The zero-order valence-electron chi connectivity index (χ0n) is 12.5. The molecule has 0 saturated carbocycles. The molecule has 110 valence electrons. The van der Waals surface area contributed by atoms with E-state index in [4.69, 9.17) is 0 Å². The minimum Gasteiger partial charge on any atom is -0.393 e. The van der Waals surface area contributed by atoms with Crippen molar-refractivity contribution in [3.8, 4) is 0 Å². The highest BCUT2D eigenvalue weighted by molar-refractivity contribution is 7.17. The van der Waals surface area contributed by atoms with Crippen molar-refractivity contribution in [3.63, 3.8) is 0 Å². The summed E-state index contributed by atoms with van der Waals surface area (Å²) in [4.78, 5) is 9.58. The number of nitrogens with zero attached hydrogens (tertiary/aromatic N) is 3. The maximum absolute atomic E-state index is 9.64. The fourth-order valence-electron chi connectivity index (χ4n) is 3.26. The number of aliphatic hydroxyl groups is 1. The second-order valence-electron chi connectivity index (χ2n) is 5.99. The van der Waals surface area contributed by atoms with Crippen LogP contribution in [0.5, 0.6) is 0 Å². The van der Waals surface area contributed by atoms with Crippen LogP contribution in [0.2, 0.25) is 0 Å². The van der Waals surface area contributed by atoms with Crippen LogP contribution in [0.25, 0.3) is 4.96 Å². The van der Waals surface area contributed by atoms with E-state index in [1.165, 1.54) is 23.4 Å². The van der Waals surface area contributed by atoms with Crippen molar-refractivity contribution >= 4 is 16.3 Å². The lowest BCUT2D eigenvalue weighted by atomic mass is 10.1. The first-order chi connectivity index (χ1) is 9.54. The SMILES string of the molecule is Cc1cn2c(CN3CCCC3CC(C)O)c(C)nc2s1. The molecule has 2 unspecified atom stereocenters. The predicted molar refractivity (Wildman–Crippen MR) is 82.3 cm³/mol. The summed E-state index contributed by atoms with van der Waals surface area (Å²) in [6.07, 6.45) is 5.30. The molecule has 1 saturated heterocycles. The highest BCUT2D eigenvalue weighted by Gasteiger charge is 2.27. The average Bonchev–Trinajstić information content (AvgIpc) is 2.98. The third-order valence-corrected chi connectivity index (χ3v) is 5.10. The van der Waals surface area contributed by atoms with Crippen LogP contribution in [0, 0.1) is 13.8 Å². The van der Waals surface area contributed by atoms with Crippen LogP contribution < -0.4 is 0 Å². The Balaban J connectivity index is 1.83. The van der Waals surface area contributed by atoms with Gasteiger partial charge in [-0.05, 0) is 46.6 Å². The van der Waals surface area contributed by atoms with E-state index in [0.717, 1.165) is 30.2 Å². The summed E-state index contributed by atoms with van der Waals surface area (Å²) < 4.78 is 2.24. The summed E-state index contributed by atoms with van der Waals surface area (Å²) in [5, 5.41) is 9.64. The van der Waals surface area contributed by atoms with Gasteiger partial charge in [0, 0.05) is 23.7 Å². The Kier molecular flexibility index (Phi) is 3.84. The van der Waals surface area contributed by atoms with E-state index < -0.39 is 0 Å². The van der Waals surface area contributed by atoms with E-state index in [-0.39, 0.29) is 6.10 Å². The van der Waals surface area contributed by atoms with Crippen molar-refractivity contribution in [2.24, 2.45) is 0 Å². The standard InChI is InChI=1S/C15H23N3OS/c1-10(19)7-13-5-4-6-17(13)9-14-12(3)16-15-18(14)8-11(2)20-15/h8,10,13,19H,4-7,9H2,1-3H3. The van der Waals surface area contributed by atoms with E-state index in [0.29, 0.717) is 6.04 Å². The van der Waals surface area contributed by atoms with Gasteiger partial charge in [0.1, 0.15) is 0 Å². The monoisotopic (exact) mass is 293 g/mol.